The second-order valence-electron chi connectivity index (χ2n) is 2.93. The van der Waals surface area contributed by atoms with E-state index in [1.165, 1.54) is 0 Å². The summed E-state index contributed by atoms with van der Waals surface area (Å²) in [6.45, 7) is 1.94. The Morgan fingerprint density at radius 2 is 2.07 bits per heavy atom. The summed E-state index contributed by atoms with van der Waals surface area (Å²) in [6, 6.07) is 7.33. The van der Waals surface area contributed by atoms with E-state index in [-0.39, 0.29) is 6.61 Å². The zero-order valence-electron chi connectivity index (χ0n) is 7.74. The Balaban J connectivity index is 2.46. The molecule has 4 heteroatoms. The smallest absolute Gasteiger partial charge is 0.325 e. The van der Waals surface area contributed by atoms with Gasteiger partial charge in [-0.1, -0.05) is 17.7 Å². The molecule has 0 amide bonds. The highest BCUT2D eigenvalue weighted by atomic mass is 35.5. The van der Waals surface area contributed by atoms with Crippen molar-refractivity contribution in [2.75, 3.05) is 6.61 Å². The average Bonchev–Trinajstić information content (AvgIpc) is 2.16. The zero-order chi connectivity index (χ0) is 10.6. The minimum absolute atomic E-state index is 0.0278. The summed E-state index contributed by atoms with van der Waals surface area (Å²) in [5, 5.41) is 7.49. The van der Waals surface area contributed by atoms with Gasteiger partial charge >= 0.3 is 5.97 Å². The highest BCUT2D eigenvalue weighted by Crippen LogP contribution is 2.12. The van der Waals surface area contributed by atoms with Crippen molar-refractivity contribution < 1.29 is 14.6 Å². The Labute approximate surface area is 87.3 Å². The minimum atomic E-state index is -1.07. The Hall–Kier alpha value is -1.22. The van der Waals surface area contributed by atoms with Crippen LogP contribution in [0.2, 0.25) is 0 Å². The van der Waals surface area contributed by atoms with Gasteiger partial charge in [0.25, 0.3) is 0 Å². The van der Waals surface area contributed by atoms with Crippen LogP contribution in [0.15, 0.2) is 24.3 Å². The van der Waals surface area contributed by atoms with Crippen LogP contribution in [0.25, 0.3) is 0 Å². The second-order valence-corrected chi connectivity index (χ2v) is 3.46. The molecule has 0 aliphatic heterocycles. The third kappa shape index (κ3) is 3.26. The molecule has 0 heterocycles. The maximum atomic E-state index is 10.4. The molecule has 1 aromatic rings. The van der Waals surface area contributed by atoms with E-state index in [4.69, 9.17) is 21.4 Å². The number of hydrogen-bond acceptors (Lipinski definition) is 2. The first-order chi connectivity index (χ1) is 6.59. The number of benzene rings is 1. The van der Waals surface area contributed by atoms with E-state index < -0.39 is 11.3 Å². The normalized spacial score (nSPS) is 12.1. The SMILES string of the molecule is Cc1ccc(OCC(Cl)C(=O)O)cc1. The topological polar surface area (TPSA) is 46.5 Å². The molecular weight excluding hydrogens is 204 g/mol. The van der Waals surface area contributed by atoms with E-state index in [9.17, 15) is 4.79 Å². The van der Waals surface area contributed by atoms with Gasteiger partial charge in [0.1, 0.15) is 12.4 Å². The maximum Gasteiger partial charge on any atom is 0.325 e. The van der Waals surface area contributed by atoms with Crippen molar-refractivity contribution in [3.05, 3.63) is 29.8 Å². The quantitative estimate of drug-likeness (QED) is 0.781. The average molecular weight is 215 g/mol. The molecule has 0 radical (unpaired) electrons. The predicted octanol–water partition coefficient (Wildman–Crippen LogP) is 2.07. The Morgan fingerprint density at radius 1 is 1.50 bits per heavy atom. The second kappa shape index (κ2) is 4.86. The summed E-state index contributed by atoms with van der Waals surface area (Å²) in [4.78, 5) is 10.4. The lowest BCUT2D eigenvalue weighted by molar-refractivity contribution is -0.137. The number of ether oxygens (including phenoxy) is 1. The van der Waals surface area contributed by atoms with E-state index in [1.807, 2.05) is 19.1 Å². The Kier molecular flexibility index (Phi) is 3.77. The van der Waals surface area contributed by atoms with Crippen molar-refractivity contribution in [1.29, 1.82) is 0 Å². The van der Waals surface area contributed by atoms with E-state index in [2.05, 4.69) is 0 Å². The minimum Gasteiger partial charge on any atom is -0.491 e. The van der Waals surface area contributed by atoms with Gasteiger partial charge < -0.3 is 9.84 Å². The lowest BCUT2D eigenvalue weighted by Crippen LogP contribution is -2.21. The van der Waals surface area contributed by atoms with Gasteiger partial charge in [0.2, 0.25) is 0 Å². The van der Waals surface area contributed by atoms with Crippen LogP contribution < -0.4 is 4.74 Å². The third-order valence-corrected chi connectivity index (χ3v) is 2.00. The molecule has 1 unspecified atom stereocenters. The molecular formula is C10H11ClO3. The molecule has 1 N–H and O–H groups in total. The monoisotopic (exact) mass is 214 g/mol. The van der Waals surface area contributed by atoms with Crippen LogP contribution in [0.3, 0.4) is 0 Å². The number of halogens is 1. The zero-order valence-corrected chi connectivity index (χ0v) is 8.49. The standard InChI is InChI=1S/C10H11ClO3/c1-7-2-4-8(5-3-7)14-6-9(11)10(12)13/h2-5,9H,6H2,1H3,(H,12,13). The molecule has 0 fully saturated rings. The first-order valence-corrected chi connectivity index (χ1v) is 4.59. The lowest BCUT2D eigenvalue weighted by Gasteiger charge is -2.07. The summed E-state index contributed by atoms with van der Waals surface area (Å²) in [6.07, 6.45) is 0. The molecule has 0 spiro atoms. The fourth-order valence-electron chi connectivity index (χ4n) is 0.875. The van der Waals surface area contributed by atoms with Crippen LogP contribution in [-0.4, -0.2) is 23.1 Å². The molecule has 3 nitrogen and oxygen atoms in total. The molecule has 1 aromatic carbocycles. The van der Waals surface area contributed by atoms with Gasteiger partial charge in [-0.25, -0.2) is 0 Å². The maximum absolute atomic E-state index is 10.4. The van der Waals surface area contributed by atoms with Crippen LogP contribution in [0.1, 0.15) is 5.56 Å². The number of aliphatic carboxylic acids is 1. The molecule has 1 rings (SSSR count). The van der Waals surface area contributed by atoms with Gasteiger partial charge in [-0.3, -0.25) is 4.79 Å². The highest BCUT2D eigenvalue weighted by molar-refractivity contribution is 6.29. The molecule has 14 heavy (non-hydrogen) atoms. The third-order valence-electron chi connectivity index (χ3n) is 1.69. The summed E-state index contributed by atoms with van der Waals surface area (Å²) >= 11 is 5.47. The predicted molar refractivity (Wildman–Crippen MR) is 54.0 cm³/mol. The van der Waals surface area contributed by atoms with Crippen LogP contribution in [0, 0.1) is 6.92 Å². The first-order valence-electron chi connectivity index (χ1n) is 4.16. The van der Waals surface area contributed by atoms with E-state index in [1.54, 1.807) is 12.1 Å². The molecule has 0 aromatic heterocycles. The van der Waals surface area contributed by atoms with Crippen molar-refractivity contribution in [2.24, 2.45) is 0 Å². The number of aryl methyl sites for hydroxylation is 1. The van der Waals surface area contributed by atoms with Crippen molar-refractivity contribution in [1.82, 2.24) is 0 Å². The van der Waals surface area contributed by atoms with Gasteiger partial charge in [0, 0.05) is 0 Å². The van der Waals surface area contributed by atoms with Crippen molar-refractivity contribution in [2.45, 2.75) is 12.3 Å². The van der Waals surface area contributed by atoms with Crippen LogP contribution in [0.5, 0.6) is 5.75 Å². The lowest BCUT2D eigenvalue weighted by atomic mass is 10.2. The molecule has 0 aliphatic rings. The highest BCUT2D eigenvalue weighted by Gasteiger charge is 2.13. The fourth-order valence-corrected chi connectivity index (χ4v) is 0.938. The Morgan fingerprint density at radius 3 is 2.57 bits per heavy atom. The molecule has 0 saturated heterocycles. The molecule has 0 bridgehead atoms. The molecule has 76 valence electrons. The number of carboxylic acids is 1. The summed E-state index contributed by atoms with van der Waals surface area (Å²) < 4.78 is 5.17. The van der Waals surface area contributed by atoms with Gasteiger partial charge in [0.05, 0.1) is 0 Å². The number of rotatable bonds is 4. The Bertz CT molecular complexity index is 308. The largest absolute Gasteiger partial charge is 0.491 e. The van der Waals surface area contributed by atoms with Gasteiger partial charge in [-0.15, -0.1) is 11.6 Å². The van der Waals surface area contributed by atoms with Gasteiger partial charge in [0.15, 0.2) is 5.38 Å². The number of hydrogen-bond donors (Lipinski definition) is 1. The van der Waals surface area contributed by atoms with E-state index in [0.717, 1.165) is 5.56 Å². The summed E-state index contributed by atoms with van der Waals surface area (Å²) in [5.74, 6) is -0.443. The van der Waals surface area contributed by atoms with Gasteiger partial charge in [-0.05, 0) is 19.1 Å². The number of carbonyl (C=O) groups is 1. The number of alkyl halides is 1. The van der Waals surface area contributed by atoms with E-state index >= 15 is 0 Å². The van der Waals surface area contributed by atoms with Crippen molar-refractivity contribution in [3.8, 4) is 5.75 Å². The molecule has 0 saturated carbocycles. The van der Waals surface area contributed by atoms with Gasteiger partial charge in [-0.2, -0.15) is 0 Å². The molecule has 0 aliphatic carbocycles. The fraction of sp³-hybridized carbons (Fsp3) is 0.300. The van der Waals surface area contributed by atoms with Crippen LogP contribution >= 0.6 is 11.6 Å². The first kappa shape index (κ1) is 10.9. The van der Waals surface area contributed by atoms with Crippen molar-refractivity contribution >= 4 is 17.6 Å². The summed E-state index contributed by atoms with van der Waals surface area (Å²) in [7, 11) is 0. The summed E-state index contributed by atoms with van der Waals surface area (Å²) in [5.41, 5.74) is 1.12. The van der Waals surface area contributed by atoms with Crippen molar-refractivity contribution in [3.63, 3.8) is 0 Å². The van der Waals surface area contributed by atoms with Crippen LogP contribution in [0.4, 0.5) is 0 Å². The van der Waals surface area contributed by atoms with Crippen LogP contribution in [-0.2, 0) is 4.79 Å². The number of carboxylic acid groups (broad SMARTS) is 1. The molecule has 1 atom stereocenters. The van der Waals surface area contributed by atoms with E-state index in [0.29, 0.717) is 5.75 Å².